The maximum absolute atomic E-state index is 10.7. The molecule has 1 aromatic rings. The van der Waals surface area contributed by atoms with Crippen LogP contribution in [-0.2, 0) is 4.74 Å². The van der Waals surface area contributed by atoms with E-state index < -0.39 is 5.97 Å². The van der Waals surface area contributed by atoms with Gasteiger partial charge in [0.1, 0.15) is 12.1 Å². The lowest BCUT2D eigenvalue weighted by Crippen LogP contribution is -2.19. The average Bonchev–Trinajstić information content (AvgIpc) is 2.79. The molecular weight excluding hydrogens is 210 g/mol. The molecule has 1 saturated heterocycles. The number of anilines is 1. The minimum Gasteiger partial charge on any atom is -0.477 e. The predicted molar refractivity (Wildman–Crippen MR) is 56.5 cm³/mol. The Hall–Kier alpha value is -1.69. The van der Waals surface area contributed by atoms with Crippen LogP contribution < -0.4 is 5.32 Å². The van der Waals surface area contributed by atoms with Crippen molar-refractivity contribution in [2.75, 3.05) is 18.5 Å². The second-order valence-corrected chi connectivity index (χ2v) is 3.61. The molecule has 0 bridgehead atoms. The Balaban J connectivity index is 1.93. The molecule has 2 heterocycles. The lowest BCUT2D eigenvalue weighted by atomic mass is 10.2. The smallest absolute Gasteiger partial charge is 0.354 e. The van der Waals surface area contributed by atoms with Gasteiger partial charge in [0.25, 0.3) is 0 Å². The van der Waals surface area contributed by atoms with Crippen molar-refractivity contribution in [2.24, 2.45) is 0 Å². The van der Waals surface area contributed by atoms with Gasteiger partial charge in [0.2, 0.25) is 0 Å². The van der Waals surface area contributed by atoms with E-state index >= 15 is 0 Å². The zero-order valence-corrected chi connectivity index (χ0v) is 8.72. The lowest BCUT2D eigenvalue weighted by molar-refractivity contribution is 0.0690. The molecule has 1 aliphatic heterocycles. The van der Waals surface area contributed by atoms with Crippen molar-refractivity contribution < 1.29 is 14.6 Å². The Kier molecular flexibility index (Phi) is 3.31. The number of nitrogens with zero attached hydrogens (tertiary/aromatic N) is 2. The van der Waals surface area contributed by atoms with Crippen molar-refractivity contribution in [3.63, 3.8) is 0 Å². The molecule has 6 nitrogen and oxygen atoms in total. The van der Waals surface area contributed by atoms with Crippen molar-refractivity contribution in [1.82, 2.24) is 9.97 Å². The molecule has 16 heavy (non-hydrogen) atoms. The summed E-state index contributed by atoms with van der Waals surface area (Å²) in [4.78, 5) is 18.2. The zero-order valence-electron chi connectivity index (χ0n) is 8.72. The minimum atomic E-state index is -1.05. The summed E-state index contributed by atoms with van der Waals surface area (Å²) >= 11 is 0. The van der Waals surface area contributed by atoms with Gasteiger partial charge in [-0.15, -0.1) is 0 Å². The Labute approximate surface area is 92.7 Å². The normalized spacial score (nSPS) is 19.6. The van der Waals surface area contributed by atoms with Crippen LogP contribution in [0.25, 0.3) is 0 Å². The summed E-state index contributed by atoms with van der Waals surface area (Å²) in [5, 5.41) is 11.8. The molecule has 2 N–H and O–H groups in total. The first-order chi connectivity index (χ1) is 7.75. The number of hydrogen-bond donors (Lipinski definition) is 2. The Bertz CT molecular complexity index is 377. The summed E-state index contributed by atoms with van der Waals surface area (Å²) in [6, 6.07) is 1.41. The van der Waals surface area contributed by atoms with Crippen molar-refractivity contribution >= 4 is 11.8 Å². The number of aromatic carboxylic acids is 1. The topological polar surface area (TPSA) is 84.3 Å². The molecule has 0 aromatic carbocycles. The van der Waals surface area contributed by atoms with E-state index in [0.29, 0.717) is 12.4 Å². The lowest BCUT2D eigenvalue weighted by Gasteiger charge is -2.10. The molecule has 0 radical (unpaired) electrons. The highest BCUT2D eigenvalue weighted by atomic mass is 16.5. The summed E-state index contributed by atoms with van der Waals surface area (Å²) in [6.07, 6.45) is 3.55. The molecule has 2 rings (SSSR count). The predicted octanol–water partition coefficient (Wildman–Crippen LogP) is 0.766. The summed E-state index contributed by atoms with van der Waals surface area (Å²) in [6.45, 7) is 1.45. The molecule has 1 atom stereocenters. The number of hydrogen-bond acceptors (Lipinski definition) is 5. The maximum Gasteiger partial charge on any atom is 0.354 e. The Morgan fingerprint density at radius 1 is 1.62 bits per heavy atom. The van der Waals surface area contributed by atoms with E-state index in [1.807, 2.05) is 0 Å². The van der Waals surface area contributed by atoms with Gasteiger partial charge in [-0.25, -0.2) is 14.8 Å². The van der Waals surface area contributed by atoms with Crippen LogP contribution in [-0.4, -0.2) is 40.3 Å². The van der Waals surface area contributed by atoms with Gasteiger partial charge in [0.15, 0.2) is 5.69 Å². The van der Waals surface area contributed by atoms with E-state index in [2.05, 4.69) is 15.3 Å². The Morgan fingerprint density at radius 3 is 3.19 bits per heavy atom. The van der Waals surface area contributed by atoms with Crippen molar-refractivity contribution in [3.05, 3.63) is 18.1 Å². The van der Waals surface area contributed by atoms with Crippen LogP contribution in [0.5, 0.6) is 0 Å². The number of rotatable bonds is 4. The van der Waals surface area contributed by atoms with E-state index in [-0.39, 0.29) is 11.8 Å². The fraction of sp³-hybridized carbons (Fsp3) is 0.500. The van der Waals surface area contributed by atoms with Crippen molar-refractivity contribution in [1.29, 1.82) is 0 Å². The van der Waals surface area contributed by atoms with Gasteiger partial charge in [0.05, 0.1) is 6.10 Å². The summed E-state index contributed by atoms with van der Waals surface area (Å²) in [7, 11) is 0. The van der Waals surface area contributed by atoms with Gasteiger partial charge in [-0.3, -0.25) is 0 Å². The third kappa shape index (κ3) is 2.66. The summed E-state index contributed by atoms with van der Waals surface area (Å²) < 4.78 is 5.43. The van der Waals surface area contributed by atoms with Gasteiger partial charge in [0, 0.05) is 19.2 Å². The fourth-order valence-electron chi connectivity index (χ4n) is 1.59. The van der Waals surface area contributed by atoms with E-state index in [4.69, 9.17) is 9.84 Å². The highest BCUT2D eigenvalue weighted by Crippen LogP contribution is 2.12. The zero-order chi connectivity index (χ0) is 11.4. The molecule has 6 heteroatoms. The number of aromatic nitrogens is 2. The van der Waals surface area contributed by atoms with Gasteiger partial charge in [-0.2, -0.15) is 0 Å². The molecule has 0 spiro atoms. The standard InChI is InChI=1S/C10H13N3O3/c14-10(15)8-4-9(13-6-12-8)11-5-7-2-1-3-16-7/h4,6-7H,1-3,5H2,(H,14,15)(H,11,12,13)/t7-/m0/s1. The average molecular weight is 223 g/mol. The quantitative estimate of drug-likeness (QED) is 0.784. The maximum atomic E-state index is 10.7. The number of carboxylic acid groups (broad SMARTS) is 1. The Morgan fingerprint density at radius 2 is 2.50 bits per heavy atom. The van der Waals surface area contributed by atoms with Gasteiger partial charge in [-0.1, -0.05) is 0 Å². The highest BCUT2D eigenvalue weighted by Gasteiger charge is 2.15. The number of carbonyl (C=O) groups is 1. The molecule has 86 valence electrons. The minimum absolute atomic E-state index is 0.00941. The van der Waals surface area contributed by atoms with Gasteiger partial charge < -0.3 is 15.2 Å². The monoisotopic (exact) mass is 223 g/mol. The molecule has 0 saturated carbocycles. The largest absolute Gasteiger partial charge is 0.477 e. The van der Waals surface area contributed by atoms with Crippen LogP contribution in [0, 0.1) is 0 Å². The first-order valence-electron chi connectivity index (χ1n) is 5.16. The van der Waals surface area contributed by atoms with Crippen LogP contribution in [0.15, 0.2) is 12.4 Å². The van der Waals surface area contributed by atoms with Crippen LogP contribution in [0.4, 0.5) is 5.82 Å². The molecule has 1 aromatic heterocycles. The van der Waals surface area contributed by atoms with E-state index in [9.17, 15) is 4.79 Å². The molecule has 0 aliphatic carbocycles. The third-order valence-electron chi connectivity index (χ3n) is 2.42. The second-order valence-electron chi connectivity index (χ2n) is 3.61. The first kappa shape index (κ1) is 10.8. The summed E-state index contributed by atoms with van der Waals surface area (Å²) in [5.74, 6) is -0.537. The van der Waals surface area contributed by atoms with Crippen LogP contribution >= 0.6 is 0 Å². The number of nitrogens with one attached hydrogen (secondary N) is 1. The molecule has 1 fully saturated rings. The molecule has 0 unspecified atom stereocenters. The third-order valence-corrected chi connectivity index (χ3v) is 2.42. The van der Waals surface area contributed by atoms with Gasteiger partial charge in [-0.05, 0) is 12.8 Å². The van der Waals surface area contributed by atoms with Gasteiger partial charge >= 0.3 is 5.97 Å². The first-order valence-corrected chi connectivity index (χ1v) is 5.16. The fourth-order valence-corrected chi connectivity index (χ4v) is 1.59. The molecular formula is C10H13N3O3. The molecule has 1 aliphatic rings. The van der Waals surface area contributed by atoms with E-state index in [1.54, 1.807) is 0 Å². The van der Waals surface area contributed by atoms with Crippen LogP contribution in [0.2, 0.25) is 0 Å². The number of carboxylic acids is 1. The van der Waals surface area contributed by atoms with Crippen LogP contribution in [0.3, 0.4) is 0 Å². The van der Waals surface area contributed by atoms with E-state index in [0.717, 1.165) is 19.4 Å². The van der Waals surface area contributed by atoms with E-state index in [1.165, 1.54) is 12.4 Å². The van der Waals surface area contributed by atoms with Crippen molar-refractivity contribution in [3.8, 4) is 0 Å². The molecule has 0 amide bonds. The SMILES string of the molecule is O=C(O)c1cc(NC[C@@H]2CCCO2)ncn1. The van der Waals surface area contributed by atoms with Crippen LogP contribution in [0.1, 0.15) is 23.3 Å². The highest BCUT2D eigenvalue weighted by molar-refractivity contribution is 5.85. The summed E-state index contributed by atoms with van der Waals surface area (Å²) in [5.41, 5.74) is -0.00941. The van der Waals surface area contributed by atoms with Crippen molar-refractivity contribution in [2.45, 2.75) is 18.9 Å². The second kappa shape index (κ2) is 4.89. The number of ether oxygens (including phenoxy) is 1.